The Morgan fingerprint density at radius 3 is 2.60 bits per heavy atom. The number of hydrogen-bond donors (Lipinski definition) is 1. The molecule has 0 spiro atoms. The van der Waals surface area contributed by atoms with Crippen LogP contribution in [0.5, 0.6) is 0 Å². The smallest absolute Gasteiger partial charge is 0.310 e. The lowest BCUT2D eigenvalue weighted by Gasteiger charge is -2.21. The highest BCUT2D eigenvalue weighted by Gasteiger charge is 2.36. The second kappa shape index (κ2) is 14.5. The topological polar surface area (TPSA) is 72.4 Å². The molecule has 25 heavy (non-hydrogen) atoms. The Kier molecular flexibility index (Phi) is 14.2. The largest absolute Gasteiger partial charge is 0.469 e. The van der Waals surface area contributed by atoms with Crippen molar-refractivity contribution < 1.29 is 19.0 Å². The molecule has 1 saturated heterocycles. The van der Waals surface area contributed by atoms with Crippen LogP contribution in [0.25, 0.3) is 0 Å². The first-order chi connectivity index (χ1) is 11.6. The Morgan fingerprint density at radius 1 is 1.20 bits per heavy atom. The number of guanidine groups is 1. The molecule has 0 bridgehead atoms. The van der Waals surface area contributed by atoms with E-state index in [2.05, 4.69) is 29.1 Å². The van der Waals surface area contributed by atoms with Crippen molar-refractivity contribution in [3.8, 4) is 0 Å². The summed E-state index contributed by atoms with van der Waals surface area (Å²) in [5.41, 5.74) is 0. The average Bonchev–Trinajstić information content (AvgIpc) is 2.97. The van der Waals surface area contributed by atoms with Gasteiger partial charge in [0.05, 0.1) is 26.2 Å². The van der Waals surface area contributed by atoms with Crippen molar-refractivity contribution in [2.75, 3.05) is 60.2 Å². The lowest BCUT2D eigenvalue weighted by atomic mass is 9.99. The van der Waals surface area contributed by atoms with Crippen LogP contribution in [-0.4, -0.2) is 77.0 Å². The lowest BCUT2D eigenvalue weighted by Crippen LogP contribution is -2.40. The third kappa shape index (κ3) is 9.05. The van der Waals surface area contributed by atoms with Crippen LogP contribution in [-0.2, 0) is 19.0 Å². The molecule has 0 aliphatic carbocycles. The Labute approximate surface area is 168 Å². The normalized spacial score (nSPS) is 20.3. The predicted molar refractivity (Wildman–Crippen MR) is 110 cm³/mol. The summed E-state index contributed by atoms with van der Waals surface area (Å²) in [6, 6.07) is 0. The molecule has 1 aliphatic heterocycles. The van der Waals surface area contributed by atoms with Crippen LogP contribution < -0.4 is 5.32 Å². The Balaban J connectivity index is 0.00000576. The van der Waals surface area contributed by atoms with Gasteiger partial charge < -0.3 is 24.4 Å². The Hall–Kier alpha value is -0.610. The van der Waals surface area contributed by atoms with E-state index in [1.807, 2.05) is 0 Å². The quantitative estimate of drug-likeness (QED) is 0.172. The summed E-state index contributed by atoms with van der Waals surface area (Å²) in [5, 5.41) is 3.32. The minimum absolute atomic E-state index is 0. The van der Waals surface area contributed by atoms with E-state index < -0.39 is 0 Å². The SMILES string of the molecule is CCNC(=NCCCCOCCOC)N1CC(C)C(C(=O)OC)C1.I. The number of nitrogens with zero attached hydrogens (tertiary/aromatic N) is 2. The molecular formula is C17H34IN3O4. The fraction of sp³-hybridized carbons (Fsp3) is 0.882. The van der Waals surface area contributed by atoms with Crippen molar-refractivity contribution in [2.24, 2.45) is 16.8 Å². The van der Waals surface area contributed by atoms with E-state index >= 15 is 0 Å². The molecule has 2 unspecified atom stereocenters. The number of rotatable bonds is 10. The van der Waals surface area contributed by atoms with E-state index in [0.717, 1.165) is 45.0 Å². The number of esters is 1. The van der Waals surface area contributed by atoms with Crippen molar-refractivity contribution in [3.63, 3.8) is 0 Å². The van der Waals surface area contributed by atoms with Gasteiger partial charge in [0.15, 0.2) is 5.96 Å². The lowest BCUT2D eigenvalue weighted by molar-refractivity contribution is -0.145. The van der Waals surface area contributed by atoms with Crippen LogP contribution in [0.1, 0.15) is 26.7 Å². The minimum Gasteiger partial charge on any atom is -0.469 e. The van der Waals surface area contributed by atoms with Gasteiger partial charge in [-0.1, -0.05) is 6.92 Å². The van der Waals surface area contributed by atoms with Crippen molar-refractivity contribution in [1.29, 1.82) is 0 Å². The van der Waals surface area contributed by atoms with E-state index in [0.29, 0.717) is 19.8 Å². The number of methoxy groups -OCH3 is 2. The zero-order chi connectivity index (χ0) is 17.8. The van der Waals surface area contributed by atoms with Gasteiger partial charge >= 0.3 is 5.97 Å². The van der Waals surface area contributed by atoms with Gasteiger partial charge in [0, 0.05) is 39.9 Å². The van der Waals surface area contributed by atoms with Gasteiger partial charge in [0.2, 0.25) is 0 Å². The molecule has 148 valence electrons. The monoisotopic (exact) mass is 471 g/mol. The maximum absolute atomic E-state index is 11.8. The molecule has 7 nitrogen and oxygen atoms in total. The second-order valence-corrected chi connectivity index (χ2v) is 6.06. The number of likely N-dealkylation sites (tertiary alicyclic amines) is 1. The van der Waals surface area contributed by atoms with E-state index in [1.54, 1.807) is 7.11 Å². The number of unbranched alkanes of at least 4 members (excludes halogenated alkanes) is 1. The van der Waals surface area contributed by atoms with Crippen molar-refractivity contribution in [3.05, 3.63) is 0 Å². The van der Waals surface area contributed by atoms with Crippen LogP contribution >= 0.6 is 24.0 Å². The Bertz CT molecular complexity index is 396. The number of carbonyl (C=O) groups excluding carboxylic acids is 1. The van der Waals surface area contributed by atoms with Gasteiger partial charge in [-0.2, -0.15) is 0 Å². The average molecular weight is 471 g/mol. The summed E-state index contributed by atoms with van der Waals surface area (Å²) in [4.78, 5) is 18.7. The van der Waals surface area contributed by atoms with Crippen molar-refractivity contribution >= 4 is 35.9 Å². The summed E-state index contributed by atoms with van der Waals surface area (Å²) in [7, 11) is 3.12. The summed E-state index contributed by atoms with van der Waals surface area (Å²) in [6.07, 6.45) is 1.96. The Morgan fingerprint density at radius 2 is 1.96 bits per heavy atom. The molecule has 0 amide bonds. The second-order valence-electron chi connectivity index (χ2n) is 6.06. The van der Waals surface area contributed by atoms with Crippen molar-refractivity contribution in [1.82, 2.24) is 10.2 Å². The molecule has 1 heterocycles. The maximum Gasteiger partial charge on any atom is 0.310 e. The van der Waals surface area contributed by atoms with E-state index in [-0.39, 0.29) is 41.8 Å². The first kappa shape index (κ1) is 24.4. The standard InChI is InChI=1S/C17H33N3O4.HI/c1-5-18-17(19-8-6-7-9-24-11-10-22-3)20-12-14(2)15(13-20)16(21)23-4;/h14-15H,5-13H2,1-4H3,(H,18,19);1H. The highest BCUT2D eigenvalue weighted by Crippen LogP contribution is 2.24. The summed E-state index contributed by atoms with van der Waals surface area (Å²) < 4.78 is 15.3. The van der Waals surface area contributed by atoms with Crippen LogP contribution in [0.2, 0.25) is 0 Å². The zero-order valence-corrected chi connectivity index (χ0v) is 18.3. The van der Waals surface area contributed by atoms with Crippen LogP contribution in [0.4, 0.5) is 0 Å². The fourth-order valence-electron chi connectivity index (χ4n) is 2.77. The summed E-state index contributed by atoms with van der Waals surface area (Å²) in [5.74, 6) is 0.952. The van der Waals surface area contributed by atoms with Gasteiger partial charge in [-0.15, -0.1) is 24.0 Å². The number of ether oxygens (including phenoxy) is 3. The number of aliphatic imine (C=N–C) groups is 1. The van der Waals surface area contributed by atoms with Gasteiger partial charge in [-0.25, -0.2) is 0 Å². The molecule has 0 radical (unpaired) electrons. The highest BCUT2D eigenvalue weighted by atomic mass is 127. The van der Waals surface area contributed by atoms with Gasteiger partial charge in [-0.05, 0) is 25.7 Å². The summed E-state index contributed by atoms with van der Waals surface area (Å²) >= 11 is 0. The number of hydrogen-bond acceptors (Lipinski definition) is 5. The van der Waals surface area contributed by atoms with Gasteiger partial charge in [0.25, 0.3) is 0 Å². The highest BCUT2D eigenvalue weighted by molar-refractivity contribution is 14.0. The molecule has 1 fully saturated rings. The van der Waals surface area contributed by atoms with E-state index in [9.17, 15) is 4.79 Å². The number of nitrogens with one attached hydrogen (secondary N) is 1. The van der Waals surface area contributed by atoms with Crippen LogP contribution in [0, 0.1) is 11.8 Å². The molecule has 0 aromatic carbocycles. The number of carbonyl (C=O) groups is 1. The first-order valence-corrected chi connectivity index (χ1v) is 8.81. The third-order valence-corrected chi connectivity index (χ3v) is 4.14. The predicted octanol–water partition coefficient (Wildman–Crippen LogP) is 1.75. The number of halogens is 1. The molecule has 1 N–H and O–H groups in total. The van der Waals surface area contributed by atoms with Gasteiger partial charge in [0.1, 0.15) is 0 Å². The fourth-order valence-corrected chi connectivity index (χ4v) is 2.77. The van der Waals surface area contributed by atoms with Crippen LogP contribution in [0.3, 0.4) is 0 Å². The molecule has 1 rings (SSSR count). The first-order valence-electron chi connectivity index (χ1n) is 8.81. The molecule has 0 saturated carbocycles. The molecule has 0 aromatic rings. The zero-order valence-electron chi connectivity index (χ0n) is 16.0. The summed E-state index contributed by atoms with van der Waals surface area (Å²) in [6.45, 7) is 9.21. The molecule has 2 atom stereocenters. The minimum atomic E-state index is -0.131. The molecular weight excluding hydrogens is 437 g/mol. The molecule has 1 aliphatic rings. The molecule has 8 heteroatoms. The maximum atomic E-state index is 11.8. The van der Waals surface area contributed by atoms with Crippen LogP contribution in [0.15, 0.2) is 4.99 Å². The van der Waals surface area contributed by atoms with E-state index in [4.69, 9.17) is 14.2 Å². The van der Waals surface area contributed by atoms with Gasteiger partial charge in [-0.3, -0.25) is 9.79 Å². The molecule has 0 aromatic heterocycles. The van der Waals surface area contributed by atoms with Crippen molar-refractivity contribution in [2.45, 2.75) is 26.7 Å². The third-order valence-electron chi connectivity index (χ3n) is 4.14. The van der Waals surface area contributed by atoms with E-state index in [1.165, 1.54) is 7.11 Å².